The Bertz CT molecular complexity index is 1140. The number of ether oxygens (including phenoxy) is 1. The largest absolute Gasteiger partial charge is 0.379 e. The number of hydrogen-bond acceptors (Lipinski definition) is 8. The van der Waals surface area contributed by atoms with Crippen molar-refractivity contribution in [2.45, 2.75) is 37.1 Å². The average molecular weight is 493 g/mol. The predicted molar refractivity (Wildman–Crippen MR) is 124 cm³/mol. The molecule has 3 heterocycles. The fraction of sp³-hybridized carbons (Fsp3) is 0.524. The minimum Gasteiger partial charge on any atom is -0.379 e. The summed E-state index contributed by atoms with van der Waals surface area (Å²) in [5.74, 6) is -0.336. The Morgan fingerprint density at radius 3 is 2.56 bits per heavy atom. The molecule has 2 aliphatic heterocycles. The van der Waals surface area contributed by atoms with Crippen molar-refractivity contribution in [1.29, 1.82) is 0 Å². The van der Waals surface area contributed by atoms with E-state index >= 15 is 0 Å². The number of carbonyl (C=O) groups excluding carboxylic acids is 1. The van der Waals surface area contributed by atoms with Gasteiger partial charge in [0.2, 0.25) is 15.9 Å². The van der Waals surface area contributed by atoms with Crippen LogP contribution in [-0.2, 0) is 26.1 Å². The molecule has 1 aromatic carbocycles. The molecule has 0 aliphatic carbocycles. The molecule has 1 N–H and O–H groups in total. The van der Waals surface area contributed by atoms with Gasteiger partial charge in [-0.1, -0.05) is 0 Å². The number of carbonyl (C=O) groups is 1. The fourth-order valence-electron chi connectivity index (χ4n) is 4.12. The molecule has 2 aliphatic rings. The second-order valence-electron chi connectivity index (χ2n) is 8.26. The SMILES string of the molecule is O=C(CCn1cc([N+](=O)[O-])cn1)Nc1cc(S(=O)(=O)N2CCOCC2)ccc1N1CCCCC1. The second kappa shape index (κ2) is 10.5. The van der Waals surface area contributed by atoms with Crippen LogP contribution >= 0.6 is 0 Å². The van der Waals surface area contributed by atoms with Gasteiger partial charge in [-0.05, 0) is 37.5 Å². The summed E-state index contributed by atoms with van der Waals surface area (Å²) in [6, 6.07) is 4.86. The number of anilines is 2. The standard InChI is InChI=1S/C21H28N6O6S/c28-21(6-9-25-16-17(15-22-25)27(29)30)23-19-14-18(34(31,32)26-10-12-33-13-11-26)4-5-20(19)24-7-2-1-3-8-24/h4-5,14-16H,1-3,6-13H2,(H,23,28). The van der Waals surface area contributed by atoms with E-state index in [2.05, 4.69) is 15.3 Å². The van der Waals surface area contributed by atoms with Gasteiger partial charge in [0.1, 0.15) is 12.4 Å². The van der Waals surface area contributed by atoms with E-state index in [1.165, 1.54) is 21.3 Å². The van der Waals surface area contributed by atoms with Crippen LogP contribution in [0.15, 0.2) is 35.5 Å². The first-order chi connectivity index (χ1) is 16.3. The van der Waals surface area contributed by atoms with E-state index in [1.54, 1.807) is 12.1 Å². The third-order valence-corrected chi connectivity index (χ3v) is 7.84. The zero-order chi connectivity index (χ0) is 24.1. The van der Waals surface area contributed by atoms with Crippen LogP contribution in [0, 0.1) is 10.1 Å². The number of benzene rings is 1. The minimum atomic E-state index is -3.72. The van der Waals surface area contributed by atoms with E-state index < -0.39 is 14.9 Å². The summed E-state index contributed by atoms with van der Waals surface area (Å²) in [5, 5.41) is 17.6. The topological polar surface area (TPSA) is 140 Å². The number of nitro groups is 1. The monoisotopic (exact) mass is 492 g/mol. The van der Waals surface area contributed by atoms with Gasteiger partial charge in [-0.25, -0.2) is 8.42 Å². The summed E-state index contributed by atoms with van der Waals surface area (Å²) >= 11 is 0. The number of hydrogen-bond donors (Lipinski definition) is 1. The van der Waals surface area contributed by atoms with Crippen molar-refractivity contribution in [3.8, 4) is 0 Å². The van der Waals surface area contributed by atoms with Gasteiger partial charge in [-0.2, -0.15) is 9.40 Å². The summed E-state index contributed by atoms with van der Waals surface area (Å²) in [6.45, 7) is 3.08. The molecule has 1 amide bonds. The zero-order valence-electron chi connectivity index (χ0n) is 18.8. The lowest BCUT2D eigenvalue weighted by atomic mass is 10.1. The number of morpholine rings is 1. The van der Waals surface area contributed by atoms with Crippen LogP contribution in [0.25, 0.3) is 0 Å². The lowest BCUT2D eigenvalue weighted by Gasteiger charge is -2.31. The molecular formula is C21H28N6O6S. The van der Waals surface area contributed by atoms with Crippen LogP contribution in [0.4, 0.5) is 17.1 Å². The van der Waals surface area contributed by atoms with Crippen molar-refractivity contribution in [3.63, 3.8) is 0 Å². The molecule has 4 rings (SSSR count). The van der Waals surface area contributed by atoms with E-state index in [9.17, 15) is 23.3 Å². The molecule has 12 nitrogen and oxygen atoms in total. The van der Waals surface area contributed by atoms with Crippen LogP contribution in [0.3, 0.4) is 0 Å². The van der Waals surface area contributed by atoms with Crippen LogP contribution in [0.2, 0.25) is 0 Å². The summed E-state index contributed by atoms with van der Waals surface area (Å²) in [5.41, 5.74) is 1.07. The Morgan fingerprint density at radius 2 is 1.88 bits per heavy atom. The normalized spacial score (nSPS) is 17.5. The summed E-state index contributed by atoms with van der Waals surface area (Å²) < 4.78 is 34.3. The average Bonchev–Trinajstić information content (AvgIpc) is 3.33. The summed E-state index contributed by atoms with van der Waals surface area (Å²) in [6.07, 6.45) is 5.61. The van der Waals surface area contributed by atoms with Crippen LogP contribution < -0.4 is 10.2 Å². The fourth-order valence-corrected chi connectivity index (χ4v) is 5.56. The van der Waals surface area contributed by atoms with Gasteiger partial charge in [-0.15, -0.1) is 0 Å². The van der Waals surface area contributed by atoms with E-state index in [-0.39, 0.29) is 42.5 Å². The smallest absolute Gasteiger partial charge is 0.306 e. The van der Waals surface area contributed by atoms with Crippen LogP contribution in [-0.4, -0.2) is 72.7 Å². The van der Waals surface area contributed by atoms with E-state index in [0.717, 1.165) is 44.2 Å². The first-order valence-electron chi connectivity index (χ1n) is 11.3. The molecule has 2 fully saturated rings. The third kappa shape index (κ3) is 5.54. The second-order valence-corrected chi connectivity index (χ2v) is 10.2. The number of sulfonamides is 1. The number of nitrogens with zero attached hydrogens (tertiary/aromatic N) is 5. The Kier molecular flexibility index (Phi) is 7.44. The van der Waals surface area contributed by atoms with Crippen molar-refractivity contribution < 1.29 is 22.9 Å². The molecule has 13 heteroatoms. The van der Waals surface area contributed by atoms with Gasteiger partial charge in [0.15, 0.2) is 0 Å². The molecule has 0 atom stereocenters. The Balaban J connectivity index is 1.54. The minimum absolute atomic E-state index is 0.0265. The lowest BCUT2D eigenvalue weighted by molar-refractivity contribution is -0.385. The molecule has 0 saturated carbocycles. The van der Waals surface area contributed by atoms with Gasteiger partial charge in [0.05, 0.1) is 34.4 Å². The third-order valence-electron chi connectivity index (χ3n) is 5.95. The first-order valence-corrected chi connectivity index (χ1v) is 12.7. The highest BCUT2D eigenvalue weighted by Crippen LogP contribution is 2.32. The van der Waals surface area contributed by atoms with Gasteiger partial charge >= 0.3 is 5.69 Å². The Morgan fingerprint density at radius 1 is 1.15 bits per heavy atom. The number of amides is 1. The molecule has 0 bridgehead atoms. The maximum Gasteiger partial charge on any atom is 0.306 e. The predicted octanol–water partition coefficient (Wildman–Crippen LogP) is 1.83. The highest BCUT2D eigenvalue weighted by atomic mass is 32.2. The van der Waals surface area contributed by atoms with Crippen molar-refractivity contribution >= 4 is 33.0 Å². The summed E-state index contributed by atoms with van der Waals surface area (Å²) in [4.78, 5) is 25.3. The maximum absolute atomic E-state index is 13.2. The van der Waals surface area contributed by atoms with Crippen molar-refractivity contribution in [2.75, 3.05) is 49.6 Å². The van der Waals surface area contributed by atoms with Crippen LogP contribution in [0.5, 0.6) is 0 Å². The molecule has 2 aromatic rings. The number of piperidine rings is 1. The van der Waals surface area contributed by atoms with Crippen molar-refractivity contribution in [3.05, 3.63) is 40.7 Å². The molecule has 0 radical (unpaired) electrons. The molecule has 0 unspecified atom stereocenters. The van der Waals surface area contributed by atoms with Gasteiger partial charge in [-0.3, -0.25) is 19.6 Å². The number of rotatable bonds is 8. The number of nitrogens with one attached hydrogen (secondary N) is 1. The Hall–Kier alpha value is -3.03. The lowest BCUT2D eigenvalue weighted by Crippen LogP contribution is -2.40. The molecule has 2 saturated heterocycles. The van der Waals surface area contributed by atoms with E-state index in [1.807, 2.05) is 0 Å². The number of aromatic nitrogens is 2. The highest BCUT2D eigenvalue weighted by Gasteiger charge is 2.28. The van der Waals surface area contributed by atoms with Crippen molar-refractivity contribution in [1.82, 2.24) is 14.1 Å². The molecular weight excluding hydrogens is 464 g/mol. The van der Waals surface area contributed by atoms with Gasteiger partial charge in [0, 0.05) is 39.1 Å². The van der Waals surface area contributed by atoms with Crippen molar-refractivity contribution in [2.24, 2.45) is 0 Å². The molecule has 184 valence electrons. The van der Waals surface area contributed by atoms with E-state index in [4.69, 9.17) is 4.74 Å². The van der Waals surface area contributed by atoms with Crippen LogP contribution in [0.1, 0.15) is 25.7 Å². The first kappa shape index (κ1) is 24.1. The summed E-state index contributed by atoms with van der Waals surface area (Å²) in [7, 11) is -3.72. The maximum atomic E-state index is 13.2. The molecule has 0 spiro atoms. The van der Waals surface area contributed by atoms with Gasteiger partial charge < -0.3 is 15.0 Å². The quantitative estimate of drug-likeness (QED) is 0.435. The molecule has 1 aromatic heterocycles. The Labute approximate surface area is 197 Å². The zero-order valence-corrected chi connectivity index (χ0v) is 19.6. The highest BCUT2D eigenvalue weighted by molar-refractivity contribution is 7.89. The van der Waals surface area contributed by atoms with E-state index in [0.29, 0.717) is 18.9 Å². The molecule has 34 heavy (non-hydrogen) atoms. The van der Waals surface area contributed by atoms with Gasteiger partial charge in [0.25, 0.3) is 0 Å². The number of aryl methyl sites for hydroxylation is 1.